The molecular formula is C21H18ClN5. The summed E-state index contributed by atoms with van der Waals surface area (Å²) in [4.78, 5) is 16.0. The summed E-state index contributed by atoms with van der Waals surface area (Å²) in [5.41, 5.74) is 4.09. The lowest BCUT2D eigenvalue weighted by atomic mass is 9.95. The lowest BCUT2D eigenvalue weighted by Crippen LogP contribution is -2.45. The Hall–Kier alpha value is -2.92. The summed E-state index contributed by atoms with van der Waals surface area (Å²) in [7, 11) is 2.02. The Morgan fingerprint density at radius 3 is 2.63 bits per heavy atom. The van der Waals surface area contributed by atoms with Crippen molar-refractivity contribution in [2.75, 3.05) is 18.0 Å². The highest BCUT2D eigenvalue weighted by Gasteiger charge is 2.30. The molecule has 0 amide bonds. The molecule has 5 rings (SSSR count). The predicted octanol–water partition coefficient (Wildman–Crippen LogP) is 4.29. The largest absolute Gasteiger partial charge is 0.355 e. The summed E-state index contributed by atoms with van der Waals surface area (Å²) in [6, 6.07) is 16.2. The van der Waals surface area contributed by atoms with Gasteiger partial charge in [-0.1, -0.05) is 29.8 Å². The van der Waals surface area contributed by atoms with E-state index in [1.54, 1.807) is 6.20 Å². The highest BCUT2D eigenvalue weighted by atomic mass is 35.5. The van der Waals surface area contributed by atoms with Gasteiger partial charge in [-0.05, 0) is 30.3 Å². The number of halogens is 1. The predicted molar refractivity (Wildman–Crippen MR) is 108 cm³/mol. The highest BCUT2D eigenvalue weighted by Crippen LogP contribution is 2.35. The van der Waals surface area contributed by atoms with Crippen molar-refractivity contribution in [1.29, 1.82) is 0 Å². The van der Waals surface area contributed by atoms with Crippen molar-refractivity contribution in [3.05, 3.63) is 71.6 Å². The number of hydrogen-bond donors (Lipinski definition) is 0. The van der Waals surface area contributed by atoms with Crippen molar-refractivity contribution in [1.82, 2.24) is 19.5 Å². The van der Waals surface area contributed by atoms with Crippen molar-refractivity contribution in [3.63, 3.8) is 0 Å². The van der Waals surface area contributed by atoms with Crippen LogP contribution in [0.4, 0.5) is 5.82 Å². The van der Waals surface area contributed by atoms with E-state index in [2.05, 4.69) is 31.6 Å². The SMILES string of the molecule is Cn1c(-c2cc(N3CC(c4ccccn4)C3)ncc2Cl)nc2ccccc21. The van der Waals surface area contributed by atoms with Crippen LogP contribution >= 0.6 is 11.6 Å². The third-order valence-electron chi connectivity index (χ3n) is 5.18. The smallest absolute Gasteiger partial charge is 0.142 e. The minimum atomic E-state index is 0.447. The molecule has 0 atom stereocenters. The Balaban J connectivity index is 1.46. The Kier molecular flexibility index (Phi) is 3.83. The minimum Gasteiger partial charge on any atom is -0.355 e. The summed E-state index contributed by atoms with van der Waals surface area (Å²) >= 11 is 6.48. The Morgan fingerprint density at radius 2 is 1.85 bits per heavy atom. The van der Waals surface area contributed by atoms with Crippen LogP contribution in [0, 0.1) is 0 Å². The number of hydrogen-bond acceptors (Lipinski definition) is 4. The minimum absolute atomic E-state index is 0.447. The van der Waals surface area contributed by atoms with Gasteiger partial charge in [0.1, 0.15) is 11.6 Å². The number of para-hydroxylation sites is 2. The maximum absolute atomic E-state index is 6.48. The number of imidazole rings is 1. The molecule has 0 N–H and O–H groups in total. The van der Waals surface area contributed by atoms with Gasteiger partial charge in [0.05, 0.1) is 16.1 Å². The Labute approximate surface area is 162 Å². The molecule has 0 unspecified atom stereocenters. The maximum atomic E-state index is 6.48. The molecule has 0 bridgehead atoms. The second-order valence-electron chi connectivity index (χ2n) is 6.86. The highest BCUT2D eigenvalue weighted by molar-refractivity contribution is 6.33. The molecule has 5 nitrogen and oxygen atoms in total. The monoisotopic (exact) mass is 375 g/mol. The summed E-state index contributed by atoms with van der Waals surface area (Å²) in [6.45, 7) is 1.82. The van der Waals surface area contributed by atoms with Crippen LogP contribution in [0.15, 0.2) is 60.9 Å². The third kappa shape index (κ3) is 2.75. The van der Waals surface area contributed by atoms with E-state index in [1.165, 1.54) is 0 Å². The summed E-state index contributed by atoms with van der Waals surface area (Å²) < 4.78 is 2.08. The van der Waals surface area contributed by atoms with E-state index in [4.69, 9.17) is 16.6 Å². The molecule has 0 radical (unpaired) electrons. The number of anilines is 1. The van der Waals surface area contributed by atoms with Gasteiger partial charge in [0.25, 0.3) is 0 Å². The van der Waals surface area contributed by atoms with Crippen molar-refractivity contribution < 1.29 is 0 Å². The fourth-order valence-corrected chi connectivity index (χ4v) is 3.82. The van der Waals surface area contributed by atoms with Gasteiger partial charge < -0.3 is 9.47 Å². The van der Waals surface area contributed by atoms with Crippen molar-refractivity contribution in [2.45, 2.75) is 5.92 Å². The van der Waals surface area contributed by atoms with Crippen LogP contribution in [0.25, 0.3) is 22.4 Å². The van der Waals surface area contributed by atoms with Gasteiger partial charge in [0.15, 0.2) is 0 Å². The molecule has 1 saturated heterocycles. The first-order valence-electron chi connectivity index (χ1n) is 8.94. The molecule has 1 aromatic carbocycles. The van der Waals surface area contributed by atoms with Gasteiger partial charge in [-0.2, -0.15) is 0 Å². The van der Waals surface area contributed by atoms with Crippen LogP contribution in [0.2, 0.25) is 5.02 Å². The number of aromatic nitrogens is 4. The third-order valence-corrected chi connectivity index (χ3v) is 5.48. The number of pyridine rings is 2. The van der Waals surface area contributed by atoms with Gasteiger partial charge in [-0.25, -0.2) is 9.97 Å². The molecule has 0 saturated carbocycles. The standard InChI is InChI=1S/C21H18ClN5/c1-26-19-8-3-2-7-18(19)25-21(26)15-10-20(24-11-16(15)22)27-12-14(13-27)17-6-4-5-9-23-17/h2-11,14H,12-13H2,1H3. The van der Waals surface area contributed by atoms with Gasteiger partial charge in [0.2, 0.25) is 0 Å². The van der Waals surface area contributed by atoms with E-state index in [-0.39, 0.29) is 0 Å². The van der Waals surface area contributed by atoms with Crippen LogP contribution in [-0.2, 0) is 7.05 Å². The van der Waals surface area contributed by atoms with E-state index in [1.807, 2.05) is 49.6 Å². The van der Waals surface area contributed by atoms with E-state index < -0.39 is 0 Å². The molecule has 0 aliphatic carbocycles. The fraction of sp³-hybridized carbons (Fsp3) is 0.190. The van der Waals surface area contributed by atoms with Crippen LogP contribution in [0.5, 0.6) is 0 Å². The zero-order valence-electron chi connectivity index (χ0n) is 14.9. The maximum Gasteiger partial charge on any atom is 0.142 e. The summed E-state index contributed by atoms with van der Waals surface area (Å²) in [5, 5.41) is 0.610. The molecule has 3 aromatic heterocycles. The first-order valence-corrected chi connectivity index (χ1v) is 9.32. The van der Waals surface area contributed by atoms with E-state index in [9.17, 15) is 0 Å². The normalized spacial score (nSPS) is 14.5. The van der Waals surface area contributed by atoms with Crippen LogP contribution in [0.1, 0.15) is 11.6 Å². The van der Waals surface area contributed by atoms with Crippen LogP contribution in [-0.4, -0.2) is 32.6 Å². The zero-order chi connectivity index (χ0) is 18.4. The molecule has 4 heterocycles. The second-order valence-corrected chi connectivity index (χ2v) is 7.27. The van der Waals surface area contributed by atoms with Crippen molar-refractivity contribution in [3.8, 4) is 11.4 Å². The lowest BCUT2D eigenvalue weighted by molar-refractivity contribution is 0.509. The first-order chi connectivity index (χ1) is 13.2. The molecule has 27 heavy (non-hydrogen) atoms. The quantitative estimate of drug-likeness (QED) is 0.536. The van der Waals surface area contributed by atoms with E-state index >= 15 is 0 Å². The summed E-state index contributed by atoms with van der Waals surface area (Å²) in [5.74, 6) is 2.23. The number of benzene rings is 1. The molecule has 1 aliphatic rings. The average molecular weight is 376 g/mol. The fourth-order valence-electron chi connectivity index (χ4n) is 3.63. The number of aryl methyl sites for hydroxylation is 1. The number of fused-ring (bicyclic) bond motifs is 1. The second kappa shape index (κ2) is 6.35. The van der Waals surface area contributed by atoms with Crippen molar-refractivity contribution in [2.24, 2.45) is 7.05 Å². The molecular weight excluding hydrogens is 358 g/mol. The Bertz CT molecular complexity index is 1120. The Morgan fingerprint density at radius 1 is 1.04 bits per heavy atom. The first kappa shape index (κ1) is 16.3. The average Bonchev–Trinajstić information content (AvgIpc) is 3.00. The number of rotatable bonds is 3. The van der Waals surface area contributed by atoms with E-state index in [0.717, 1.165) is 47.0 Å². The van der Waals surface area contributed by atoms with Crippen LogP contribution in [0.3, 0.4) is 0 Å². The van der Waals surface area contributed by atoms with Crippen LogP contribution < -0.4 is 4.90 Å². The lowest BCUT2D eigenvalue weighted by Gasteiger charge is -2.40. The van der Waals surface area contributed by atoms with Gasteiger partial charge in [0, 0.05) is 49.7 Å². The molecule has 134 valence electrons. The number of nitrogens with zero attached hydrogens (tertiary/aromatic N) is 5. The molecule has 1 aliphatic heterocycles. The van der Waals surface area contributed by atoms with Crippen molar-refractivity contribution >= 4 is 28.5 Å². The molecule has 6 heteroatoms. The van der Waals surface area contributed by atoms with Gasteiger partial charge in [-0.15, -0.1) is 0 Å². The molecule has 4 aromatic rings. The molecule has 1 fully saturated rings. The van der Waals surface area contributed by atoms with E-state index in [0.29, 0.717) is 10.9 Å². The zero-order valence-corrected chi connectivity index (χ0v) is 15.6. The van der Waals surface area contributed by atoms with Gasteiger partial charge in [-0.3, -0.25) is 4.98 Å². The molecule has 0 spiro atoms. The van der Waals surface area contributed by atoms with Gasteiger partial charge >= 0.3 is 0 Å². The summed E-state index contributed by atoms with van der Waals surface area (Å²) in [6.07, 6.45) is 3.57. The topological polar surface area (TPSA) is 46.8 Å².